The standard InChI is InChI=1S/C21H24FN3O3/c22-18-3-1-2-4-19(18)25-10-9-16(23-25)13-20(26)15-5-7-17(8-6-15)24-11-12-28-14-21(24)27/h1-4,9-10,15,17H,5-8,11-14H2. The molecule has 0 atom stereocenters. The monoisotopic (exact) mass is 385 g/mol. The fraction of sp³-hybridized carbons (Fsp3) is 0.476. The van der Waals surface area contributed by atoms with Gasteiger partial charge in [0.15, 0.2) is 0 Å². The molecule has 7 heteroatoms. The number of hydrogen-bond donors (Lipinski definition) is 0. The van der Waals surface area contributed by atoms with Gasteiger partial charge in [-0.1, -0.05) is 12.1 Å². The average Bonchev–Trinajstić information content (AvgIpc) is 3.17. The lowest BCUT2D eigenvalue weighted by Gasteiger charge is -2.38. The van der Waals surface area contributed by atoms with Gasteiger partial charge in [-0.15, -0.1) is 0 Å². The van der Waals surface area contributed by atoms with Gasteiger partial charge in [-0.3, -0.25) is 9.59 Å². The lowest BCUT2D eigenvalue weighted by atomic mass is 9.81. The molecule has 1 aromatic heterocycles. The third kappa shape index (κ3) is 3.99. The van der Waals surface area contributed by atoms with Crippen LogP contribution in [0.5, 0.6) is 0 Å². The minimum Gasteiger partial charge on any atom is -0.370 e. The first-order chi connectivity index (χ1) is 13.6. The highest BCUT2D eigenvalue weighted by molar-refractivity contribution is 5.83. The first-order valence-electron chi connectivity index (χ1n) is 9.81. The molecule has 1 saturated carbocycles. The van der Waals surface area contributed by atoms with Gasteiger partial charge in [0.1, 0.15) is 23.9 Å². The largest absolute Gasteiger partial charge is 0.370 e. The molecule has 1 aliphatic carbocycles. The summed E-state index contributed by atoms with van der Waals surface area (Å²) in [5, 5.41) is 4.36. The summed E-state index contributed by atoms with van der Waals surface area (Å²) in [6, 6.07) is 8.42. The van der Waals surface area contributed by atoms with Gasteiger partial charge in [-0.05, 0) is 43.9 Å². The summed E-state index contributed by atoms with van der Waals surface area (Å²) in [7, 11) is 0. The predicted octanol–water partition coefficient (Wildman–Crippen LogP) is 2.54. The van der Waals surface area contributed by atoms with E-state index in [9.17, 15) is 14.0 Å². The van der Waals surface area contributed by atoms with E-state index in [0.717, 1.165) is 25.7 Å². The summed E-state index contributed by atoms with van der Waals surface area (Å²) < 4.78 is 20.6. The normalized spacial score (nSPS) is 23.0. The van der Waals surface area contributed by atoms with Crippen LogP contribution in [-0.2, 0) is 20.7 Å². The van der Waals surface area contributed by atoms with Crippen molar-refractivity contribution in [3.63, 3.8) is 0 Å². The van der Waals surface area contributed by atoms with Crippen molar-refractivity contribution in [2.75, 3.05) is 19.8 Å². The first kappa shape index (κ1) is 18.8. The Labute approximate surface area is 163 Å². The number of nitrogens with zero attached hydrogens (tertiary/aromatic N) is 3. The van der Waals surface area contributed by atoms with Crippen LogP contribution >= 0.6 is 0 Å². The molecule has 6 nitrogen and oxygen atoms in total. The van der Waals surface area contributed by atoms with Crippen LogP contribution in [0, 0.1) is 11.7 Å². The SMILES string of the molecule is O=C(Cc1ccn(-c2ccccc2F)n1)C1CCC(N2CCOCC2=O)CC1. The molecule has 2 heterocycles. The number of para-hydroxylation sites is 1. The molecule has 0 spiro atoms. The summed E-state index contributed by atoms with van der Waals surface area (Å²) in [6.45, 7) is 1.41. The number of aromatic nitrogens is 2. The van der Waals surface area contributed by atoms with Crippen LogP contribution in [0.25, 0.3) is 5.69 Å². The number of ketones is 1. The summed E-state index contributed by atoms with van der Waals surface area (Å²) in [6.07, 6.45) is 5.23. The van der Waals surface area contributed by atoms with Crippen molar-refractivity contribution >= 4 is 11.7 Å². The third-order valence-electron chi connectivity index (χ3n) is 5.71. The molecule has 2 fully saturated rings. The quantitative estimate of drug-likeness (QED) is 0.794. The number of hydrogen-bond acceptors (Lipinski definition) is 4. The molecule has 0 bridgehead atoms. The molecule has 0 N–H and O–H groups in total. The maximum absolute atomic E-state index is 13.9. The second kappa shape index (κ2) is 8.22. The molecule has 0 radical (unpaired) electrons. The Morgan fingerprint density at radius 1 is 1.18 bits per heavy atom. The zero-order valence-corrected chi connectivity index (χ0v) is 15.7. The third-order valence-corrected chi connectivity index (χ3v) is 5.71. The molecule has 28 heavy (non-hydrogen) atoms. The molecule has 2 aliphatic rings. The van der Waals surface area contributed by atoms with Crippen molar-refractivity contribution in [2.45, 2.75) is 38.1 Å². The van der Waals surface area contributed by atoms with Gasteiger partial charge >= 0.3 is 0 Å². The van der Waals surface area contributed by atoms with Crippen molar-refractivity contribution in [2.24, 2.45) is 5.92 Å². The molecule has 1 amide bonds. The van der Waals surface area contributed by atoms with Crippen LogP contribution in [0.2, 0.25) is 0 Å². The number of benzene rings is 1. The molecule has 1 aliphatic heterocycles. The average molecular weight is 385 g/mol. The number of amides is 1. The number of rotatable bonds is 5. The van der Waals surface area contributed by atoms with Crippen LogP contribution in [0.4, 0.5) is 4.39 Å². The second-order valence-electron chi connectivity index (χ2n) is 7.49. The Bertz CT molecular complexity index is 858. The van der Waals surface area contributed by atoms with E-state index in [1.165, 1.54) is 10.7 Å². The number of Topliss-reactive ketones (excluding diaryl/α,β-unsaturated/α-hetero) is 1. The fourth-order valence-electron chi connectivity index (χ4n) is 4.18. The Balaban J connectivity index is 1.33. The van der Waals surface area contributed by atoms with E-state index in [-0.39, 0.29) is 42.5 Å². The van der Waals surface area contributed by atoms with E-state index in [4.69, 9.17) is 4.74 Å². The van der Waals surface area contributed by atoms with Crippen LogP contribution < -0.4 is 0 Å². The molecule has 148 valence electrons. The number of morpholine rings is 1. The minimum atomic E-state index is -0.348. The van der Waals surface area contributed by atoms with Gasteiger partial charge in [0, 0.05) is 24.7 Å². The zero-order chi connectivity index (χ0) is 19.5. The zero-order valence-electron chi connectivity index (χ0n) is 15.7. The Morgan fingerprint density at radius 2 is 1.96 bits per heavy atom. The van der Waals surface area contributed by atoms with Gasteiger partial charge in [-0.25, -0.2) is 9.07 Å². The number of ether oxygens (including phenoxy) is 1. The highest BCUT2D eigenvalue weighted by Gasteiger charge is 2.32. The van der Waals surface area contributed by atoms with Gasteiger partial charge in [0.2, 0.25) is 5.91 Å². The molecule has 0 unspecified atom stereocenters. The summed E-state index contributed by atoms with van der Waals surface area (Å²) in [4.78, 5) is 26.6. The van der Waals surface area contributed by atoms with Crippen LogP contribution in [0.15, 0.2) is 36.5 Å². The molecular formula is C21H24FN3O3. The Hall–Kier alpha value is -2.54. The second-order valence-corrected chi connectivity index (χ2v) is 7.49. The molecule has 1 saturated heterocycles. The van der Waals surface area contributed by atoms with Crippen molar-refractivity contribution in [3.05, 3.63) is 48.0 Å². The van der Waals surface area contributed by atoms with E-state index >= 15 is 0 Å². The number of halogens is 1. The highest BCUT2D eigenvalue weighted by Crippen LogP contribution is 2.29. The fourth-order valence-corrected chi connectivity index (χ4v) is 4.18. The topological polar surface area (TPSA) is 64.4 Å². The van der Waals surface area contributed by atoms with Gasteiger partial charge < -0.3 is 9.64 Å². The maximum atomic E-state index is 13.9. The van der Waals surface area contributed by atoms with Gasteiger partial charge in [0.05, 0.1) is 18.7 Å². The van der Waals surface area contributed by atoms with Crippen molar-refractivity contribution in [1.82, 2.24) is 14.7 Å². The van der Waals surface area contributed by atoms with E-state index in [1.807, 2.05) is 4.90 Å². The molecule has 2 aromatic rings. The van der Waals surface area contributed by atoms with Crippen LogP contribution in [0.1, 0.15) is 31.4 Å². The molecule has 4 rings (SSSR count). The Kier molecular flexibility index (Phi) is 5.52. The lowest BCUT2D eigenvalue weighted by Crippen LogP contribution is -2.49. The summed E-state index contributed by atoms with van der Waals surface area (Å²) in [5.74, 6) is -0.115. The van der Waals surface area contributed by atoms with Crippen molar-refractivity contribution in [1.29, 1.82) is 0 Å². The summed E-state index contributed by atoms with van der Waals surface area (Å²) in [5.41, 5.74) is 1.02. The first-order valence-corrected chi connectivity index (χ1v) is 9.81. The molecule has 1 aromatic carbocycles. The van der Waals surface area contributed by atoms with Crippen molar-refractivity contribution in [3.8, 4) is 5.69 Å². The number of carbonyl (C=O) groups is 2. The highest BCUT2D eigenvalue weighted by atomic mass is 19.1. The van der Waals surface area contributed by atoms with Crippen LogP contribution in [0.3, 0.4) is 0 Å². The molecular weight excluding hydrogens is 361 g/mol. The smallest absolute Gasteiger partial charge is 0.248 e. The van der Waals surface area contributed by atoms with Gasteiger partial charge in [0.25, 0.3) is 0 Å². The van der Waals surface area contributed by atoms with E-state index in [2.05, 4.69) is 5.10 Å². The predicted molar refractivity (Wildman–Crippen MR) is 101 cm³/mol. The lowest BCUT2D eigenvalue weighted by molar-refractivity contribution is -0.146. The maximum Gasteiger partial charge on any atom is 0.248 e. The summed E-state index contributed by atoms with van der Waals surface area (Å²) >= 11 is 0. The van der Waals surface area contributed by atoms with Crippen molar-refractivity contribution < 1.29 is 18.7 Å². The van der Waals surface area contributed by atoms with E-state index < -0.39 is 0 Å². The Morgan fingerprint density at radius 3 is 2.71 bits per heavy atom. The van der Waals surface area contributed by atoms with Gasteiger partial charge in [-0.2, -0.15) is 5.10 Å². The van der Waals surface area contributed by atoms with Crippen LogP contribution in [-0.4, -0.2) is 52.2 Å². The number of carbonyl (C=O) groups excluding carboxylic acids is 2. The minimum absolute atomic E-state index is 0.00556. The van der Waals surface area contributed by atoms with E-state index in [1.54, 1.807) is 30.5 Å². The van der Waals surface area contributed by atoms with E-state index in [0.29, 0.717) is 24.5 Å².